The van der Waals surface area contributed by atoms with Gasteiger partial charge in [-0.3, -0.25) is 9.59 Å². The number of carbonyl (C=O) groups is 2. The van der Waals surface area contributed by atoms with Crippen LogP contribution in [-0.2, 0) is 4.79 Å². The highest BCUT2D eigenvalue weighted by Gasteiger charge is 2.27. The lowest BCUT2D eigenvalue weighted by atomic mass is 9.78. The molecule has 2 rings (SSSR count). The van der Waals surface area contributed by atoms with Gasteiger partial charge in [-0.2, -0.15) is 0 Å². The van der Waals surface area contributed by atoms with Crippen molar-refractivity contribution in [2.45, 2.75) is 52.0 Å². The van der Waals surface area contributed by atoms with Crippen molar-refractivity contribution < 1.29 is 14.0 Å². The van der Waals surface area contributed by atoms with Gasteiger partial charge in [-0.25, -0.2) is 0 Å². The molecule has 5 heteroatoms. The predicted molar refractivity (Wildman–Crippen MR) is 84.4 cm³/mol. The van der Waals surface area contributed by atoms with Crippen molar-refractivity contribution in [3.05, 3.63) is 24.2 Å². The van der Waals surface area contributed by atoms with Crippen LogP contribution in [0.4, 0.5) is 0 Å². The molecule has 1 aliphatic carbocycles. The number of rotatable bonds is 6. The third-order valence-corrected chi connectivity index (χ3v) is 4.66. The zero-order valence-corrected chi connectivity index (χ0v) is 13.4. The van der Waals surface area contributed by atoms with Crippen LogP contribution < -0.4 is 10.6 Å². The molecule has 0 radical (unpaired) electrons. The Labute approximate surface area is 131 Å². The topological polar surface area (TPSA) is 71.3 Å². The Morgan fingerprint density at radius 3 is 2.86 bits per heavy atom. The molecule has 1 heterocycles. The summed E-state index contributed by atoms with van der Waals surface area (Å²) in [6.45, 7) is 4.95. The third-order valence-electron chi connectivity index (χ3n) is 4.66. The summed E-state index contributed by atoms with van der Waals surface area (Å²) in [4.78, 5) is 23.6. The Morgan fingerprint density at radius 1 is 1.32 bits per heavy atom. The summed E-state index contributed by atoms with van der Waals surface area (Å²) in [6.07, 6.45) is 6.06. The molecule has 1 aromatic heterocycles. The second kappa shape index (κ2) is 8.01. The summed E-state index contributed by atoms with van der Waals surface area (Å²) in [5, 5.41) is 5.89. The van der Waals surface area contributed by atoms with Crippen molar-refractivity contribution in [1.82, 2.24) is 10.6 Å². The van der Waals surface area contributed by atoms with Crippen molar-refractivity contribution in [3.63, 3.8) is 0 Å². The summed E-state index contributed by atoms with van der Waals surface area (Å²) >= 11 is 0. The van der Waals surface area contributed by atoms with Crippen LogP contribution in [0, 0.1) is 11.8 Å². The first-order chi connectivity index (χ1) is 10.6. The molecule has 1 aromatic rings. The molecule has 22 heavy (non-hydrogen) atoms. The van der Waals surface area contributed by atoms with E-state index in [-0.39, 0.29) is 11.8 Å². The lowest BCUT2D eigenvalue weighted by Gasteiger charge is -2.34. The van der Waals surface area contributed by atoms with Crippen LogP contribution in [0.15, 0.2) is 22.8 Å². The average molecular weight is 306 g/mol. The molecule has 1 saturated carbocycles. The van der Waals surface area contributed by atoms with E-state index < -0.39 is 0 Å². The number of carbonyl (C=O) groups excluding carboxylic acids is 2. The fourth-order valence-electron chi connectivity index (χ4n) is 3.01. The van der Waals surface area contributed by atoms with E-state index in [2.05, 4.69) is 24.5 Å². The third kappa shape index (κ3) is 4.61. The van der Waals surface area contributed by atoms with Gasteiger partial charge in [0, 0.05) is 19.0 Å². The van der Waals surface area contributed by atoms with Crippen molar-refractivity contribution in [2.75, 3.05) is 6.54 Å². The summed E-state index contributed by atoms with van der Waals surface area (Å²) in [5.74, 6) is 1.36. The maximum atomic E-state index is 12.0. The lowest BCUT2D eigenvalue weighted by molar-refractivity contribution is -0.122. The zero-order valence-electron chi connectivity index (χ0n) is 13.4. The number of hydrogen-bond donors (Lipinski definition) is 2. The Balaban J connectivity index is 1.62. The van der Waals surface area contributed by atoms with Gasteiger partial charge in [0.2, 0.25) is 5.91 Å². The minimum atomic E-state index is -0.236. The van der Waals surface area contributed by atoms with E-state index in [4.69, 9.17) is 4.42 Å². The van der Waals surface area contributed by atoms with Crippen LogP contribution >= 0.6 is 0 Å². The van der Waals surface area contributed by atoms with Gasteiger partial charge < -0.3 is 15.1 Å². The quantitative estimate of drug-likeness (QED) is 0.794. The van der Waals surface area contributed by atoms with E-state index in [1.54, 1.807) is 12.1 Å². The standard InChI is InChI=1S/C17H26N2O3/c1-12-6-3-7-14(13(12)2)19-16(20)9-4-10-18-17(21)15-8-5-11-22-15/h5,8,11-14H,3-4,6-7,9-10H2,1-2H3,(H,18,21)(H,19,20). The van der Waals surface area contributed by atoms with Crippen LogP contribution in [0.1, 0.15) is 56.5 Å². The Kier molecular flexibility index (Phi) is 6.04. The molecule has 3 unspecified atom stereocenters. The van der Waals surface area contributed by atoms with Crippen molar-refractivity contribution >= 4 is 11.8 Å². The highest BCUT2D eigenvalue weighted by atomic mass is 16.3. The molecular weight excluding hydrogens is 280 g/mol. The molecule has 3 atom stereocenters. The fourth-order valence-corrected chi connectivity index (χ4v) is 3.01. The minimum Gasteiger partial charge on any atom is -0.459 e. The van der Waals surface area contributed by atoms with Crippen LogP contribution in [-0.4, -0.2) is 24.4 Å². The lowest BCUT2D eigenvalue weighted by Crippen LogP contribution is -2.43. The van der Waals surface area contributed by atoms with Crippen LogP contribution in [0.5, 0.6) is 0 Å². The van der Waals surface area contributed by atoms with Crippen molar-refractivity contribution in [2.24, 2.45) is 11.8 Å². The van der Waals surface area contributed by atoms with Crippen molar-refractivity contribution in [3.8, 4) is 0 Å². The monoisotopic (exact) mass is 306 g/mol. The molecule has 2 N–H and O–H groups in total. The first kappa shape index (κ1) is 16.6. The molecule has 1 fully saturated rings. The average Bonchev–Trinajstić information content (AvgIpc) is 3.02. The second-order valence-corrected chi connectivity index (χ2v) is 6.28. The van der Waals surface area contributed by atoms with E-state index in [0.717, 1.165) is 6.42 Å². The van der Waals surface area contributed by atoms with Crippen LogP contribution in [0.2, 0.25) is 0 Å². The minimum absolute atomic E-state index is 0.0817. The maximum absolute atomic E-state index is 12.0. The van der Waals surface area contributed by atoms with Gasteiger partial charge in [-0.1, -0.05) is 26.7 Å². The van der Waals surface area contributed by atoms with Gasteiger partial charge in [0.25, 0.3) is 5.91 Å². The molecule has 5 nitrogen and oxygen atoms in total. The normalized spacial score (nSPS) is 24.7. The number of hydrogen-bond acceptors (Lipinski definition) is 3. The zero-order chi connectivity index (χ0) is 15.9. The fraction of sp³-hybridized carbons (Fsp3) is 0.647. The largest absolute Gasteiger partial charge is 0.459 e. The summed E-state index contributed by atoms with van der Waals surface area (Å²) in [6, 6.07) is 3.59. The van der Waals surface area contributed by atoms with E-state index in [9.17, 15) is 9.59 Å². The predicted octanol–water partition coefficient (Wildman–Crippen LogP) is 2.73. The molecule has 1 aliphatic rings. The molecule has 0 aromatic carbocycles. The molecule has 0 aliphatic heterocycles. The second-order valence-electron chi connectivity index (χ2n) is 6.28. The smallest absolute Gasteiger partial charge is 0.286 e. The molecule has 122 valence electrons. The van der Waals surface area contributed by atoms with E-state index >= 15 is 0 Å². The number of nitrogens with one attached hydrogen (secondary N) is 2. The SMILES string of the molecule is CC1CCCC(NC(=O)CCCNC(=O)c2ccco2)C1C. The highest BCUT2D eigenvalue weighted by Crippen LogP contribution is 2.29. The summed E-state index contributed by atoms with van der Waals surface area (Å²) in [7, 11) is 0. The van der Waals surface area contributed by atoms with E-state index in [0.29, 0.717) is 43.0 Å². The molecule has 0 saturated heterocycles. The van der Waals surface area contributed by atoms with E-state index in [1.807, 2.05) is 0 Å². The Morgan fingerprint density at radius 2 is 2.14 bits per heavy atom. The van der Waals surface area contributed by atoms with E-state index in [1.165, 1.54) is 19.1 Å². The number of amides is 2. The first-order valence-corrected chi connectivity index (χ1v) is 8.19. The highest BCUT2D eigenvalue weighted by molar-refractivity contribution is 5.91. The maximum Gasteiger partial charge on any atom is 0.286 e. The van der Waals surface area contributed by atoms with Gasteiger partial charge in [-0.05, 0) is 36.8 Å². The Hall–Kier alpha value is -1.78. The van der Waals surface area contributed by atoms with Crippen molar-refractivity contribution in [1.29, 1.82) is 0 Å². The van der Waals surface area contributed by atoms with Gasteiger partial charge in [0.1, 0.15) is 0 Å². The van der Waals surface area contributed by atoms with Crippen LogP contribution in [0.3, 0.4) is 0 Å². The molecule has 0 spiro atoms. The van der Waals surface area contributed by atoms with Gasteiger partial charge in [-0.15, -0.1) is 0 Å². The van der Waals surface area contributed by atoms with Gasteiger partial charge >= 0.3 is 0 Å². The molecule has 0 bridgehead atoms. The molecule has 2 amide bonds. The van der Waals surface area contributed by atoms with Gasteiger partial charge in [0.05, 0.1) is 6.26 Å². The van der Waals surface area contributed by atoms with Gasteiger partial charge in [0.15, 0.2) is 5.76 Å². The number of furan rings is 1. The molecular formula is C17H26N2O3. The summed E-state index contributed by atoms with van der Waals surface area (Å²) < 4.78 is 5.00. The summed E-state index contributed by atoms with van der Waals surface area (Å²) in [5.41, 5.74) is 0. The first-order valence-electron chi connectivity index (χ1n) is 8.19. The van der Waals surface area contributed by atoms with Crippen LogP contribution in [0.25, 0.3) is 0 Å². The Bertz CT molecular complexity index is 484.